The first-order valence-corrected chi connectivity index (χ1v) is 19.2. The number of fused-ring (bicyclic) bond motifs is 6. The molecule has 0 bridgehead atoms. The van der Waals surface area contributed by atoms with Gasteiger partial charge in [0.05, 0.1) is 0 Å². The molecule has 2 heterocycles. The van der Waals surface area contributed by atoms with E-state index in [1.54, 1.807) is 0 Å². The highest BCUT2D eigenvalue weighted by molar-refractivity contribution is 6.15. The molecule has 0 aliphatic carbocycles. The first-order chi connectivity index (χ1) is 28.2. The van der Waals surface area contributed by atoms with E-state index in [1.807, 2.05) is 54.6 Å². The van der Waals surface area contributed by atoms with Crippen molar-refractivity contribution in [2.24, 2.45) is 0 Å². The molecule has 11 aromatic rings. The second-order valence-corrected chi connectivity index (χ2v) is 14.4. The molecular formula is C53H33N3O. The van der Waals surface area contributed by atoms with E-state index in [4.69, 9.17) is 19.4 Å². The Bertz CT molecular complexity index is 3280. The molecule has 0 N–H and O–H groups in total. The lowest BCUT2D eigenvalue weighted by Crippen LogP contribution is -2.01. The summed E-state index contributed by atoms with van der Waals surface area (Å²) in [6.45, 7) is 0. The maximum absolute atomic E-state index is 6.49. The minimum absolute atomic E-state index is 0.588. The van der Waals surface area contributed by atoms with Gasteiger partial charge in [-0.05, 0) is 91.3 Å². The fourth-order valence-corrected chi connectivity index (χ4v) is 8.15. The van der Waals surface area contributed by atoms with Gasteiger partial charge < -0.3 is 4.42 Å². The number of benzene rings is 9. The molecule has 0 atom stereocenters. The summed E-state index contributed by atoms with van der Waals surface area (Å²) >= 11 is 0. The highest BCUT2D eigenvalue weighted by atomic mass is 16.3. The normalized spacial score (nSPS) is 11.5. The van der Waals surface area contributed by atoms with Crippen molar-refractivity contribution in [1.82, 2.24) is 15.0 Å². The van der Waals surface area contributed by atoms with Crippen LogP contribution in [0.2, 0.25) is 0 Å². The van der Waals surface area contributed by atoms with Crippen LogP contribution in [-0.4, -0.2) is 15.0 Å². The first kappa shape index (κ1) is 32.7. The molecule has 0 saturated carbocycles. The summed E-state index contributed by atoms with van der Waals surface area (Å²) in [7, 11) is 0. The Kier molecular flexibility index (Phi) is 7.78. The average Bonchev–Trinajstić information content (AvgIpc) is 3.68. The summed E-state index contributed by atoms with van der Waals surface area (Å²) in [5.74, 6) is 1.80. The van der Waals surface area contributed by atoms with E-state index >= 15 is 0 Å². The number of rotatable bonds is 6. The third kappa shape index (κ3) is 5.83. The molecule has 0 spiro atoms. The van der Waals surface area contributed by atoms with Crippen molar-refractivity contribution in [3.8, 4) is 67.5 Å². The van der Waals surface area contributed by atoms with Gasteiger partial charge >= 0.3 is 0 Å². The summed E-state index contributed by atoms with van der Waals surface area (Å²) in [5.41, 5.74) is 11.1. The van der Waals surface area contributed by atoms with Crippen LogP contribution in [0.25, 0.3) is 111 Å². The minimum atomic E-state index is 0.588. The zero-order valence-electron chi connectivity index (χ0n) is 30.8. The van der Waals surface area contributed by atoms with Crippen LogP contribution in [0.15, 0.2) is 205 Å². The zero-order chi connectivity index (χ0) is 37.7. The quantitative estimate of drug-likeness (QED) is 0.160. The van der Waals surface area contributed by atoms with Gasteiger partial charge in [-0.2, -0.15) is 0 Å². The van der Waals surface area contributed by atoms with Gasteiger partial charge in [-0.25, -0.2) is 15.0 Å². The summed E-state index contributed by atoms with van der Waals surface area (Å²) < 4.78 is 6.49. The van der Waals surface area contributed by atoms with Gasteiger partial charge in [-0.3, -0.25) is 0 Å². The fourth-order valence-electron chi connectivity index (χ4n) is 8.15. The van der Waals surface area contributed by atoms with E-state index in [0.717, 1.165) is 60.9 Å². The molecule has 57 heavy (non-hydrogen) atoms. The Morgan fingerprint density at radius 2 is 0.860 bits per heavy atom. The summed E-state index contributed by atoms with van der Waals surface area (Å²) in [6, 6.07) is 70.0. The molecule has 0 fully saturated rings. The Morgan fingerprint density at radius 1 is 0.281 bits per heavy atom. The van der Waals surface area contributed by atoms with Crippen LogP contribution in [0.1, 0.15) is 0 Å². The number of furan rings is 1. The van der Waals surface area contributed by atoms with Crippen molar-refractivity contribution in [3.63, 3.8) is 0 Å². The van der Waals surface area contributed by atoms with E-state index in [9.17, 15) is 0 Å². The number of para-hydroxylation sites is 1. The molecule has 2 aromatic heterocycles. The van der Waals surface area contributed by atoms with Crippen LogP contribution in [0.4, 0.5) is 0 Å². The fraction of sp³-hybridized carbons (Fsp3) is 0. The van der Waals surface area contributed by atoms with Crippen LogP contribution in [0.5, 0.6) is 0 Å². The van der Waals surface area contributed by atoms with Gasteiger partial charge in [0.15, 0.2) is 17.5 Å². The van der Waals surface area contributed by atoms with Crippen LogP contribution >= 0.6 is 0 Å². The van der Waals surface area contributed by atoms with Crippen LogP contribution < -0.4 is 0 Å². The highest BCUT2D eigenvalue weighted by Gasteiger charge is 2.20. The molecule has 0 saturated heterocycles. The Labute approximate surface area is 329 Å². The van der Waals surface area contributed by atoms with Crippen molar-refractivity contribution < 1.29 is 4.42 Å². The second-order valence-electron chi connectivity index (χ2n) is 14.4. The van der Waals surface area contributed by atoms with Gasteiger partial charge in [-0.15, -0.1) is 0 Å². The molecule has 11 rings (SSSR count). The van der Waals surface area contributed by atoms with Crippen LogP contribution in [0.3, 0.4) is 0 Å². The molecule has 266 valence electrons. The molecule has 9 aromatic carbocycles. The maximum atomic E-state index is 6.49. The minimum Gasteiger partial charge on any atom is -0.456 e. The topological polar surface area (TPSA) is 51.8 Å². The standard InChI is InChI=1S/C53H33N3O/c1-4-15-34(16-5-1)41-32-47(50-44-25-12-13-26-48(44)57-49(50)33-41)53-55-51(36-19-8-3-9-20-36)54-52(56-53)40-22-14-21-37(29-40)38-27-28-39-31-45(35-17-6-2-7-18-35)42-23-10-11-24-43(42)46(39)30-38/h1-33H. The molecule has 4 heteroatoms. The maximum Gasteiger partial charge on any atom is 0.164 e. The van der Waals surface area contributed by atoms with Crippen LogP contribution in [-0.2, 0) is 0 Å². The number of nitrogens with zero attached hydrogens (tertiary/aromatic N) is 3. The molecule has 0 aliphatic heterocycles. The summed E-state index contributed by atoms with van der Waals surface area (Å²) in [5, 5.41) is 6.90. The third-order valence-electron chi connectivity index (χ3n) is 10.9. The van der Waals surface area contributed by atoms with Crippen LogP contribution in [0, 0.1) is 0 Å². The highest BCUT2D eigenvalue weighted by Crippen LogP contribution is 2.41. The van der Waals surface area contributed by atoms with Gasteiger partial charge in [0.2, 0.25) is 0 Å². The average molecular weight is 728 g/mol. The lowest BCUT2D eigenvalue weighted by molar-refractivity contribution is 0.669. The van der Waals surface area contributed by atoms with Crippen molar-refractivity contribution >= 4 is 43.5 Å². The summed E-state index contributed by atoms with van der Waals surface area (Å²) in [4.78, 5) is 15.6. The first-order valence-electron chi connectivity index (χ1n) is 19.2. The molecular weight excluding hydrogens is 695 g/mol. The predicted molar refractivity (Wildman–Crippen MR) is 235 cm³/mol. The Morgan fingerprint density at radius 3 is 1.63 bits per heavy atom. The Hall–Kier alpha value is -7.69. The lowest BCUT2D eigenvalue weighted by Gasteiger charge is -2.13. The Balaban J connectivity index is 1.09. The lowest BCUT2D eigenvalue weighted by atomic mass is 9.91. The van der Waals surface area contributed by atoms with E-state index < -0.39 is 0 Å². The zero-order valence-corrected chi connectivity index (χ0v) is 30.8. The van der Waals surface area contributed by atoms with Gasteiger partial charge in [-0.1, -0.05) is 164 Å². The number of hydrogen-bond donors (Lipinski definition) is 0. The molecule has 0 amide bonds. The number of aromatic nitrogens is 3. The summed E-state index contributed by atoms with van der Waals surface area (Å²) in [6.07, 6.45) is 0. The molecule has 0 unspecified atom stereocenters. The van der Waals surface area contributed by atoms with Gasteiger partial charge in [0, 0.05) is 27.5 Å². The van der Waals surface area contributed by atoms with Gasteiger partial charge in [0.1, 0.15) is 11.2 Å². The third-order valence-corrected chi connectivity index (χ3v) is 10.9. The largest absolute Gasteiger partial charge is 0.456 e. The van der Waals surface area contributed by atoms with Gasteiger partial charge in [0.25, 0.3) is 0 Å². The predicted octanol–water partition coefficient (Wildman–Crippen LogP) is 14.1. The number of hydrogen-bond acceptors (Lipinski definition) is 4. The van der Waals surface area contributed by atoms with E-state index in [0.29, 0.717) is 17.5 Å². The van der Waals surface area contributed by atoms with Crippen molar-refractivity contribution in [2.45, 2.75) is 0 Å². The molecule has 4 nitrogen and oxygen atoms in total. The smallest absolute Gasteiger partial charge is 0.164 e. The van der Waals surface area contributed by atoms with E-state index in [1.165, 1.54) is 32.7 Å². The molecule has 0 radical (unpaired) electrons. The molecule has 0 aliphatic rings. The SMILES string of the molecule is c1ccc(-c2cc(-c3nc(-c4ccccc4)nc(-c4cccc(-c5ccc6cc(-c7ccccc7)c7ccccc7c6c5)c4)n3)c3c(c2)oc2ccccc23)cc1. The van der Waals surface area contributed by atoms with Crippen molar-refractivity contribution in [3.05, 3.63) is 200 Å². The van der Waals surface area contributed by atoms with Crippen molar-refractivity contribution in [2.75, 3.05) is 0 Å². The monoisotopic (exact) mass is 727 g/mol. The van der Waals surface area contributed by atoms with E-state index in [-0.39, 0.29) is 0 Å². The van der Waals surface area contributed by atoms with E-state index in [2.05, 4.69) is 146 Å². The second kappa shape index (κ2) is 13.6. The van der Waals surface area contributed by atoms with Crippen molar-refractivity contribution in [1.29, 1.82) is 0 Å².